The van der Waals surface area contributed by atoms with Crippen molar-refractivity contribution in [1.82, 2.24) is 9.55 Å². The highest BCUT2D eigenvalue weighted by atomic mass is 79.9. The van der Waals surface area contributed by atoms with Gasteiger partial charge in [0.05, 0.1) is 5.69 Å². The summed E-state index contributed by atoms with van der Waals surface area (Å²) in [7, 11) is 0. The lowest BCUT2D eigenvalue weighted by atomic mass is 10.1. The third kappa shape index (κ3) is 1.96. The van der Waals surface area contributed by atoms with E-state index in [1.54, 1.807) is 28.8 Å². The van der Waals surface area contributed by atoms with E-state index in [0.29, 0.717) is 34.7 Å². The van der Waals surface area contributed by atoms with E-state index >= 15 is 0 Å². The summed E-state index contributed by atoms with van der Waals surface area (Å²) in [6.07, 6.45) is 0.487. The van der Waals surface area contributed by atoms with E-state index in [9.17, 15) is 14.7 Å². The molecule has 0 bridgehead atoms. The summed E-state index contributed by atoms with van der Waals surface area (Å²) in [6.45, 7) is 0.499. The molecule has 2 aromatic rings. The number of carboxylic acids is 1. The normalized spacial score (nSPS) is 16.9. The minimum Gasteiger partial charge on any atom is -0.481 e. The van der Waals surface area contributed by atoms with E-state index in [2.05, 4.69) is 20.9 Å². The number of fused-ring (bicyclic) bond motifs is 1. The van der Waals surface area contributed by atoms with Crippen LogP contribution in [0.25, 0.3) is 0 Å². The van der Waals surface area contributed by atoms with Gasteiger partial charge in [0.1, 0.15) is 10.5 Å². The van der Waals surface area contributed by atoms with E-state index in [1.165, 1.54) is 0 Å². The van der Waals surface area contributed by atoms with Gasteiger partial charge >= 0.3 is 5.97 Å². The van der Waals surface area contributed by atoms with Crippen molar-refractivity contribution in [1.29, 1.82) is 0 Å². The van der Waals surface area contributed by atoms with Gasteiger partial charge in [-0.15, -0.1) is 0 Å². The maximum Gasteiger partial charge on any atom is 0.312 e. The van der Waals surface area contributed by atoms with Gasteiger partial charge < -0.3 is 9.67 Å². The molecule has 1 aliphatic heterocycles. The second-order valence-electron chi connectivity index (χ2n) is 4.64. The highest BCUT2D eigenvalue weighted by Gasteiger charge is 2.35. The highest BCUT2D eigenvalue weighted by Crippen LogP contribution is 2.35. The topological polar surface area (TPSA) is 72.2 Å². The number of hydrogen-bond donors (Lipinski definition) is 1. The number of nitrogens with zero attached hydrogens (tertiary/aromatic N) is 2. The third-order valence-electron chi connectivity index (χ3n) is 3.47. The molecule has 1 aromatic heterocycles. The van der Waals surface area contributed by atoms with E-state index in [4.69, 9.17) is 0 Å². The summed E-state index contributed by atoms with van der Waals surface area (Å²) in [6, 6.07) is 8.86. The Morgan fingerprint density at radius 2 is 2.00 bits per heavy atom. The minimum atomic E-state index is -0.886. The largest absolute Gasteiger partial charge is 0.481 e. The average Bonchev–Trinajstić information content (AvgIpc) is 3.01. The quantitative estimate of drug-likeness (QED) is 0.875. The van der Waals surface area contributed by atoms with Crippen LogP contribution in [0.5, 0.6) is 0 Å². The number of carbonyl (C=O) groups excluding carboxylic acids is 1. The van der Waals surface area contributed by atoms with Crippen LogP contribution in [-0.4, -0.2) is 26.4 Å². The molecule has 0 saturated carbocycles. The van der Waals surface area contributed by atoms with E-state index in [-0.39, 0.29) is 5.78 Å². The van der Waals surface area contributed by atoms with Crippen molar-refractivity contribution >= 4 is 27.7 Å². The van der Waals surface area contributed by atoms with E-state index < -0.39 is 11.9 Å². The Morgan fingerprint density at radius 1 is 1.30 bits per heavy atom. The van der Waals surface area contributed by atoms with Crippen molar-refractivity contribution < 1.29 is 14.7 Å². The number of aromatic nitrogens is 2. The van der Waals surface area contributed by atoms with Crippen molar-refractivity contribution in [2.75, 3.05) is 0 Å². The van der Waals surface area contributed by atoms with Gasteiger partial charge in [-0.1, -0.05) is 30.3 Å². The SMILES string of the molecule is O=C(c1ccccc1)c1nc(Br)c2n1CCC2C(=O)O. The molecule has 0 spiro atoms. The van der Waals surface area contributed by atoms with Crippen molar-refractivity contribution in [3.63, 3.8) is 0 Å². The Labute approximate surface area is 123 Å². The number of benzene rings is 1. The molecule has 1 unspecified atom stereocenters. The predicted molar refractivity (Wildman–Crippen MR) is 74.8 cm³/mol. The van der Waals surface area contributed by atoms with Crippen LogP contribution in [0.3, 0.4) is 0 Å². The van der Waals surface area contributed by atoms with Crippen molar-refractivity contribution in [3.8, 4) is 0 Å². The summed E-state index contributed by atoms with van der Waals surface area (Å²) >= 11 is 3.27. The van der Waals surface area contributed by atoms with Crippen LogP contribution in [-0.2, 0) is 11.3 Å². The number of imidazole rings is 1. The first kappa shape index (κ1) is 13.1. The molecule has 5 nitrogen and oxygen atoms in total. The zero-order valence-corrected chi connectivity index (χ0v) is 12.0. The molecular weight excluding hydrogens is 324 g/mol. The fourth-order valence-corrected chi connectivity index (χ4v) is 3.18. The van der Waals surface area contributed by atoms with Gasteiger partial charge in [0.15, 0.2) is 5.82 Å². The van der Waals surface area contributed by atoms with Gasteiger partial charge in [0, 0.05) is 12.1 Å². The molecule has 0 radical (unpaired) electrons. The Bertz CT molecular complexity index is 694. The fraction of sp³-hybridized carbons (Fsp3) is 0.214. The molecule has 0 amide bonds. The summed E-state index contributed by atoms with van der Waals surface area (Å²) in [4.78, 5) is 27.9. The monoisotopic (exact) mass is 334 g/mol. The molecule has 1 N–H and O–H groups in total. The van der Waals surface area contributed by atoms with Crippen LogP contribution in [0.2, 0.25) is 0 Å². The van der Waals surface area contributed by atoms with Gasteiger partial charge in [-0.2, -0.15) is 0 Å². The maximum atomic E-state index is 12.4. The van der Waals surface area contributed by atoms with Crippen LogP contribution in [0.4, 0.5) is 0 Å². The zero-order chi connectivity index (χ0) is 14.3. The highest BCUT2D eigenvalue weighted by molar-refractivity contribution is 9.10. The molecule has 6 heteroatoms. The summed E-state index contributed by atoms with van der Waals surface area (Å²) in [5.41, 5.74) is 1.13. The second-order valence-corrected chi connectivity index (χ2v) is 5.39. The summed E-state index contributed by atoms with van der Waals surface area (Å²) < 4.78 is 2.15. The molecule has 102 valence electrons. The lowest BCUT2D eigenvalue weighted by Gasteiger charge is -2.03. The van der Waals surface area contributed by atoms with Crippen molar-refractivity contribution in [2.24, 2.45) is 0 Å². The first-order valence-corrected chi connectivity index (χ1v) is 6.97. The number of aliphatic carboxylic acids is 1. The maximum absolute atomic E-state index is 12.4. The Kier molecular flexibility index (Phi) is 3.17. The van der Waals surface area contributed by atoms with Gasteiger partial charge in [0.25, 0.3) is 0 Å². The number of hydrogen-bond acceptors (Lipinski definition) is 3. The molecule has 2 heterocycles. The molecule has 1 aliphatic rings. The zero-order valence-electron chi connectivity index (χ0n) is 10.4. The predicted octanol–water partition coefficient (Wildman–Crippen LogP) is 2.45. The summed E-state index contributed by atoms with van der Waals surface area (Å²) in [5, 5.41) is 9.20. The van der Waals surface area contributed by atoms with Gasteiger partial charge in [-0.3, -0.25) is 9.59 Å². The van der Waals surface area contributed by atoms with Gasteiger partial charge in [-0.05, 0) is 22.4 Å². The molecule has 0 aliphatic carbocycles. The van der Waals surface area contributed by atoms with Crippen LogP contribution < -0.4 is 0 Å². The van der Waals surface area contributed by atoms with Crippen LogP contribution >= 0.6 is 15.9 Å². The molecule has 0 saturated heterocycles. The number of rotatable bonds is 3. The Morgan fingerprint density at radius 3 is 2.65 bits per heavy atom. The number of halogens is 1. The van der Waals surface area contributed by atoms with E-state index in [0.717, 1.165) is 0 Å². The summed E-state index contributed by atoms with van der Waals surface area (Å²) in [5.74, 6) is -1.39. The Hall–Kier alpha value is -1.95. The molecule has 0 fully saturated rings. The minimum absolute atomic E-state index is 0.191. The molecular formula is C14H11BrN2O3. The van der Waals surface area contributed by atoms with Crippen LogP contribution in [0.15, 0.2) is 34.9 Å². The van der Waals surface area contributed by atoms with Crippen molar-refractivity contribution in [3.05, 3.63) is 52.0 Å². The lowest BCUT2D eigenvalue weighted by molar-refractivity contribution is -0.138. The van der Waals surface area contributed by atoms with Gasteiger partial charge in [0.2, 0.25) is 5.78 Å². The van der Waals surface area contributed by atoms with Crippen molar-refractivity contribution in [2.45, 2.75) is 18.9 Å². The number of ketones is 1. The standard InChI is InChI=1S/C14H11BrN2O3/c15-12-10-9(14(19)20)6-7-17(10)13(16-12)11(18)8-4-2-1-3-5-8/h1-5,9H,6-7H2,(H,19,20). The average molecular weight is 335 g/mol. The molecule has 1 atom stereocenters. The van der Waals surface area contributed by atoms with Gasteiger partial charge in [-0.25, -0.2) is 4.98 Å². The van der Waals surface area contributed by atoms with Crippen LogP contribution in [0.1, 0.15) is 34.2 Å². The van der Waals surface area contributed by atoms with Crippen LogP contribution in [0, 0.1) is 0 Å². The first-order valence-electron chi connectivity index (χ1n) is 6.18. The molecule has 3 rings (SSSR count). The number of carboxylic acid groups (broad SMARTS) is 1. The van der Waals surface area contributed by atoms with E-state index in [1.807, 2.05) is 6.07 Å². The first-order chi connectivity index (χ1) is 9.59. The molecule has 1 aromatic carbocycles. The number of carbonyl (C=O) groups is 2. The second kappa shape index (κ2) is 4.86. The third-order valence-corrected chi connectivity index (χ3v) is 4.05. The molecule has 20 heavy (non-hydrogen) atoms. The Balaban J connectivity index is 2.06. The fourth-order valence-electron chi connectivity index (χ4n) is 2.52. The smallest absolute Gasteiger partial charge is 0.312 e. The lowest BCUT2D eigenvalue weighted by Crippen LogP contribution is -2.10.